The summed E-state index contributed by atoms with van der Waals surface area (Å²) in [5, 5.41) is 8.79. The van der Waals surface area contributed by atoms with Gasteiger partial charge >= 0.3 is 5.97 Å². The van der Waals surface area contributed by atoms with E-state index in [0.29, 0.717) is 6.54 Å². The smallest absolute Gasteiger partial charge is 0.303 e. The summed E-state index contributed by atoms with van der Waals surface area (Å²) in [6, 6.07) is 10.2. The fourth-order valence-corrected chi connectivity index (χ4v) is 4.33. The van der Waals surface area contributed by atoms with E-state index in [1.807, 2.05) is 30.3 Å². The molecule has 0 spiro atoms. The fourth-order valence-electron chi connectivity index (χ4n) is 4.33. The van der Waals surface area contributed by atoms with Gasteiger partial charge in [-0.05, 0) is 41.9 Å². The van der Waals surface area contributed by atoms with Crippen LogP contribution >= 0.6 is 0 Å². The number of halogens is 2. The molecule has 0 bridgehead atoms. The van der Waals surface area contributed by atoms with Crippen molar-refractivity contribution >= 4 is 5.97 Å². The molecule has 0 aliphatic heterocycles. The summed E-state index contributed by atoms with van der Waals surface area (Å²) in [7, 11) is 0. The van der Waals surface area contributed by atoms with Gasteiger partial charge in [-0.25, -0.2) is 8.78 Å². The van der Waals surface area contributed by atoms with Gasteiger partial charge in [0.1, 0.15) is 24.0 Å². The maximum atomic E-state index is 14.4. The van der Waals surface area contributed by atoms with Gasteiger partial charge in [-0.2, -0.15) is 0 Å². The Kier molecular flexibility index (Phi) is 12.4. The van der Waals surface area contributed by atoms with Crippen molar-refractivity contribution < 1.29 is 23.4 Å². The van der Waals surface area contributed by atoms with Gasteiger partial charge in [0.15, 0.2) is 0 Å². The Balaban J connectivity index is 1.75. The molecule has 1 atom stereocenters. The third kappa shape index (κ3) is 10.1. The lowest BCUT2D eigenvalue weighted by molar-refractivity contribution is -0.136. The number of carbonyl (C=O) groups is 1. The molecule has 0 saturated heterocycles. The molecule has 0 saturated carbocycles. The molecule has 1 aliphatic carbocycles. The second-order valence-corrected chi connectivity index (χ2v) is 9.96. The van der Waals surface area contributed by atoms with E-state index in [2.05, 4.69) is 73.9 Å². The third-order valence-electron chi connectivity index (χ3n) is 6.64. The average molecular weight is 560 g/mol. The second-order valence-electron chi connectivity index (χ2n) is 9.96. The van der Waals surface area contributed by atoms with Gasteiger partial charge < -0.3 is 14.7 Å². The minimum atomic E-state index is -1.11. The number of benzene rings is 2. The largest absolute Gasteiger partial charge is 0.489 e. The van der Waals surface area contributed by atoms with Crippen LogP contribution in [0.15, 0.2) is 109 Å². The van der Waals surface area contributed by atoms with Gasteiger partial charge in [-0.3, -0.25) is 4.79 Å². The van der Waals surface area contributed by atoms with Crippen LogP contribution in [0.25, 0.3) is 0 Å². The number of carboxylic acid groups (broad SMARTS) is 1. The van der Waals surface area contributed by atoms with Crippen molar-refractivity contribution in [3.63, 3.8) is 0 Å². The first-order valence-corrected chi connectivity index (χ1v) is 14.0. The van der Waals surface area contributed by atoms with Crippen LogP contribution in [0, 0.1) is 17.6 Å². The summed E-state index contributed by atoms with van der Waals surface area (Å²) >= 11 is 0. The summed E-state index contributed by atoms with van der Waals surface area (Å²) in [6.45, 7) is 9.80. The summed E-state index contributed by atoms with van der Waals surface area (Å²) < 4.78 is 34.4. The molecular weight excluding hydrogens is 520 g/mol. The lowest BCUT2D eigenvalue weighted by Crippen LogP contribution is -2.24. The van der Waals surface area contributed by atoms with Crippen molar-refractivity contribution in [2.45, 2.75) is 52.7 Å². The molecule has 0 fully saturated rings. The summed E-state index contributed by atoms with van der Waals surface area (Å²) in [5.41, 5.74) is 4.02. The van der Waals surface area contributed by atoms with E-state index in [0.717, 1.165) is 53.9 Å². The second kappa shape index (κ2) is 16.2. The number of rotatable bonds is 15. The van der Waals surface area contributed by atoms with Crippen molar-refractivity contribution in [1.29, 1.82) is 0 Å². The Morgan fingerprint density at radius 1 is 1.12 bits per heavy atom. The summed E-state index contributed by atoms with van der Waals surface area (Å²) in [6.07, 6.45) is 20.6. The Morgan fingerprint density at radius 2 is 1.83 bits per heavy atom. The number of aliphatic carboxylic acids is 1. The molecule has 41 heavy (non-hydrogen) atoms. The molecule has 0 aromatic heterocycles. The first kappa shape index (κ1) is 31.3. The zero-order valence-electron chi connectivity index (χ0n) is 23.9. The summed E-state index contributed by atoms with van der Waals surface area (Å²) in [4.78, 5) is 13.1. The lowest BCUT2D eigenvalue weighted by Gasteiger charge is -2.28. The predicted octanol–water partition coefficient (Wildman–Crippen LogP) is 8.48. The summed E-state index contributed by atoms with van der Waals surface area (Å²) in [5.74, 6) is -2.47. The number of allylic oxidation sites excluding steroid dienone is 8. The maximum Gasteiger partial charge on any atom is 0.303 e. The number of hydrogen-bond acceptors (Lipinski definition) is 3. The van der Waals surface area contributed by atoms with Crippen molar-refractivity contribution in [2.24, 2.45) is 5.92 Å². The van der Waals surface area contributed by atoms with Gasteiger partial charge in [0.2, 0.25) is 0 Å². The molecule has 0 amide bonds. The standard InChI is InChI=1S/C35H39F2NO3/c1-4-6-11-20-38(34(21-26(3)5-2)29-12-9-7-8-10-13-29)24-27-14-16-28(17-15-27)25-41-30-22-32(36)31(33(37)23-30)18-19-35(39)40/h5-7,9-17,21-23,26H,2,4,8,18-20,24-25H2,1,3H3,(H,39,40)/b11-6-,34-21-. The van der Waals surface area contributed by atoms with Crippen molar-refractivity contribution in [3.05, 3.63) is 137 Å². The molecule has 0 radical (unpaired) electrons. The molecule has 0 heterocycles. The molecule has 1 N–H and O–H groups in total. The normalized spacial score (nSPS) is 14.0. The monoisotopic (exact) mass is 559 g/mol. The first-order chi connectivity index (χ1) is 19.8. The van der Waals surface area contributed by atoms with Crippen molar-refractivity contribution in [1.82, 2.24) is 4.90 Å². The molecule has 2 aromatic rings. The Bertz CT molecular complexity index is 1310. The zero-order chi connectivity index (χ0) is 29.6. The number of hydrogen-bond donors (Lipinski definition) is 1. The molecule has 1 aliphatic rings. The molecule has 6 heteroatoms. The predicted molar refractivity (Wildman–Crippen MR) is 161 cm³/mol. The zero-order valence-corrected chi connectivity index (χ0v) is 23.9. The van der Waals surface area contributed by atoms with E-state index < -0.39 is 17.6 Å². The molecule has 3 rings (SSSR count). The van der Waals surface area contributed by atoms with Crippen LogP contribution in [0.1, 0.15) is 49.8 Å². The Hall–Kier alpha value is -4.19. The molecule has 1 unspecified atom stereocenters. The molecule has 2 aromatic carbocycles. The average Bonchev–Trinajstić information content (AvgIpc) is 3.24. The van der Waals surface area contributed by atoms with Crippen LogP contribution in [0.3, 0.4) is 0 Å². The Morgan fingerprint density at radius 3 is 2.49 bits per heavy atom. The van der Waals surface area contributed by atoms with E-state index in [4.69, 9.17) is 9.84 Å². The van der Waals surface area contributed by atoms with E-state index in [1.165, 1.54) is 0 Å². The SMILES string of the molecule is C=CC(C)/C=C(/C1=CC=CCC=C1)N(C/C=C\CC)Cc1ccc(COc2cc(F)c(CCC(=O)O)c(F)c2)cc1. The van der Waals surface area contributed by atoms with Crippen LogP contribution < -0.4 is 4.74 Å². The molecule has 216 valence electrons. The van der Waals surface area contributed by atoms with Gasteiger partial charge in [-0.1, -0.05) is 92.8 Å². The van der Waals surface area contributed by atoms with Gasteiger partial charge in [0.25, 0.3) is 0 Å². The minimum Gasteiger partial charge on any atom is -0.489 e. The quantitative estimate of drug-likeness (QED) is 0.222. The number of nitrogens with zero attached hydrogens (tertiary/aromatic N) is 1. The van der Waals surface area contributed by atoms with E-state index in [-0.39, 0.29) is 36.7 Å². The highest BCUT2D eigenvalue weighted by molar-refractivity contribution is 5.67. The third-order valence-corrected chi connectivity index (χ3v) is 6.64. The van der Waals surface area contributed by atoms with Gasteiger partial charge in [0, 0.05) is 42.9 Å². The van der Waals surface area contributed by atoms with Crippen molar-refractivity contribution in [2.75, 3.05) is 6.54 Å². The van der Waals surface area contributed by atoms with Crippen LogP contribution in [0.4, 0.5) is 8.78 Å². The number of ether oxygens (including phenoxy) is 1. The topological polar surface area (TPSA) is 49.8 Å². The maximum absolute atomic E-state index is 14.4. The highest BCUT2D eigenvalue weighted by Crippen LogP contribution is 2.25. The van der Waals surface area contributed by atoms with Crippen LogP contribution in [0.5, 0.6) is 5.75 Å². The number of carboxylic acids is 1. The van der Waals surface area contributed by atoms with Gasteiger partial charge in [-0.15, -0.1) is 6.58 Å². The highest BCUT2D eigenvalue weighted by Gasteiger charge is 2.15. The van der Waals surface area contributed by atoms with Crippen LogP contribution in [0.2, 0.25) is 0 Å². The molecular formula is C35H39F2NO3. The molecule has 4 nitrogen and oxygen atoms in total. The van der Waals surface area contributed by atoms with Crippen LogP contribution in [-0.4, -0.2) is 22.5 Å². The van der Waals surface area contributed by atoms with E-state index in [9.17, 15) is 13.6 Å². The van der Waals surface area contributed by atoms with E-state index >= 15 is 0 Å². The highest BCUT2D eigenvalue weighted by atomic mass is 19.1. The minimum absolute atomic E-state index is 0.0573. The van der Waals surface area contributed by atoms with Gasteiger partial charge in [0.05, 0.1) is 0 Å². The van der Waals surface area contributed by atoms with Crippen LogP contribution in [-0.2, 0) is 24.4 Å². The first-order valence-electron chi connectivity index (χ1n) is 14.0. The van der Waals surface area contributed by atoms with Crippen molar-refractivity contribution in [3.8, 4) is 5.75 Å². The van der Waals surface area contributed by atoms with E-state index in [1.54, 1.807) is 0 Å². The lowest BCUT2D eigenvalue weighted by atomic mass is 10.0. The fraction of sp³-hybridized carbons (Fsp3) is 0.286. The Labute approximate surface area is 242 Å².